The second kappa shape index (κ2) is 7.97. The number of carbonyl (C=O) groups is 2. The van der Waals surface area contributed by atoms with Crippen LogP contribution in [0, 0.1) is 11.7 Å². The van der Waals surface area contributed by atoms with Gasteiger partial charge in [0.25, 0.3) is 0 Å². The van der Waals surface area contributed by atoms with Crippen LogP contribution in [0.5, 0.6) is 5.75 Å². The van der Waals surface area contributed by atoms with Crippen molar-refractivity contribution in [2.45, 2.75) is 45.1 Å². The molecule has 2 aliphatic rings. The Balaban J connectivity index is 1.47. The standard InChI is InChI=1S/C21H29FN2O3/c1-21(2,16-5-6-16)24-12-10-23(11-13-24)20(26)9-7-18(25)15-4-8-19(27-3)17(22)14-15/h4,8,14,16H,5-7,9-13H2,1-3H3. The third kappa shape index (κ3) is 4.49. The van der Waals surface area contributed by atoms with Crippen molar-refractivity contribution in [1.82, 2.24) is 9.80 Å². The normalized spacial score (nSPS) is 18.4. The fourth-order valence-electron chi connectivity index (χ4n) is 3.94. The van der Waals surface area contributed by atoms with Crippen molar-refractivity contribution >= 4 is 11.7 Å². The molecule has 5 nitrogen and oxygen atoms in total. The zero-order chi connectivity index (χ0) is 19.6. The van der Waals surface area contributed by atoms with Crippen LogP contribution in [0.15, 0.2) is 18.2 Å². The van der Waals surface area contributed by atoms with Gasteiger partial charge in [-0.1, -0.05) is 0 Å². The molecule has 1 aromatic carbocycles. The van der Waals surface area contributed by atoms with Gasteiger partial charge in [0.1, 0.15) is 0 Å². The summed E-state index contributed by atoms with van der Waals surface area (Å²) in [5.41, 5.74) is 0.487. The van der Waals surface area contributed by atoms with E-state index in [1.165, 1.54) is 38.2 Å². The number of nitrogens with zero attached hydrogens (tertiary/aromatic N) is 2. The van der Waals surface area contributed by atoms with E-state index in [4.69, 9.17) is 4.74 Å². The first-order valence-corrected chi connectivity index (χ1v) is 9.72. The highest BCUT2D eigenvalue weighted by molar-refractivity contribution is 5.98. The highest BCUT2D eigenvalue weighted by atomic mass is 19.1. The molecule has 6 heteroatoms. The molecule has 3 rings (SSSR count). The van der Waals surface area contributed by atoms with Gasteiger partial charge < -0.3 is 9.64 Å². The van der Waals surface area contributed by atoms with Crippen molar-refractivity contribution in [3.8, 4) is 5.75 Å². The average molecular weight is 376 g/mol. The number of rotatable bonds is 7. The summed E-state index contributed by atoms with van der Waals surface area (Å²) in [5.74, 6) is 0.0978. The number of ether oxygens (including phenoxy) is 1. The number of benzene rings is 1. The highest BCUT2D eigenvalue weighted by Crippen LogP contribution is 2.43. The Morgan fingerprint density at radius 3 is 2.37 bits per heavy atom. The molecule has 1 aromatic rings. The maximum atomic E-state index is 13.7. The van der Waals surface area contributed by atoms with Gasteiger partial charge in [0.15, 0.2) is 17.3 Å². The molecule has 0 aromatic heterocycles. The topological polar surface area (TPSA) is 49.9 Å². The lowest BCUT2D eigenvalue weighted by molar-refractivity contribution is -0.133. The molecule has 2 fully saturated rings. The largest absolute Gasteiger partial charge is 0.494 e. The number of hydrogen-bond donors (Lipinski definition) is 0. The maximum absolute atomic E-state index is 13.7. The SMILES string of the molecule is COc1ccc(C(=O)CCC(=O)N2CCN(C(C)(C)C3CC3)CC2)cc1F. The van der Waals surface area contributed by atoms with Gasteiger partial charge in [-0.05, 0) is 50.8 Å². The average Bonchev–Trinajstić information content (AvgIpc) is 3.51. The molecule has 1 saturated heterocycles. The Morgan fingerprint density at radius 1 is 1.15 bits per heavy atom. The molecule has 0 atom stereocenters. The van der Waals surface area contributed by atoms with Crippen LogP contribution in [-0.4, -0.2) is 60.3 Å². The van der Waals surface area contributed by atoms with Crippen LogP contribution < -0.4 is 4.74 Å². The van der Waals surface area contributed by atoms with Gasteiger partial charge in [0.05, 0.1) is 7.11 Å². The first-order valence-electron chi connectivity index (χ1n) is 9.72. The summed E-state index contributed by atoms with van der Waals surface area (Å²) in [6, 6.07) is 4.14. The lowest BCUT2D eigenvalue weighted by atomic mass is 9.95. The van der Waals surface area contributed by atoms with Gasteiger partial charge in [-0.2, -0.15) is 0 Å². The number of Topliss-reactive ketones (excluding diaryl/α,β-unsaturated/α-hetero) is 1. The molecule has 1 heterocycles. The second-order valence-electron chi connectivity index (χ2n) is 8.07. The van der Waals surface area contributed by atoms with Crippen molar-refractivity contribution in [2.75, 3.05) is 33.3 Å². The summed E-state index contributed by atoms with van der Waals surface area (Å²) in [4.78, 5) is 29.1. The second-order valence-corrected chi connectivity index (χ2v) is 8.07. The molecule has 0 spiro atoms. The summed E-state index contributed by atoms with van der Waals surface area (Å²) in [7, 11) is 1.38. The van der Waals surface area contributed by atoms with E-state index >= 15 is 0 Å². The number of amides is 1. The van der Waals surface area contributed by atoms with Crippen molar-refractivity contribution < 1.29 is 18.7 Å². The first-order chi connectivity index (χ1) is 12.8. The third-order valence-corrected chi connectivity index (χ3v) is 6.06. The molecule has 148 valence electrons. The van der Waals surface area contributed by atoms with Crippen LogP contribution in [0.25, 0.3) is 0 Å². The van der Waals surface area contributed by atoms with E-state index in [1.807, 2.05) is 4.90 Å². The summed E-state index contributed by atoms with van der Waals surface area (Å²) in [6.07, 6.45) is 2.87. The fourth-order valence-corrected chi connectivity index (χ4v) is 3.94. The predicted molar refractivity (Wildman–Crippen MR) is 101 cm³/mol. The minimum absolute atomic E-state index is 0.00112. The van der Waals surface area contributed by atoms with Gasteiger partial charge in [-0.25, -0.2) is 4.39 Å². The fraction of sp³-hybridized carbons (Fsp3) is 0.619. The Hall–Kier alpha value is -1.95. The Bertz CT molecular complexity index is 707. The minimum Gasteiger partial charge on any atom is -0.494 e. The number of hydrogen-bond acceptors (Lipinski definition) is 4. The van der Waals surface area contributed by atoms with Crippen LogP contribution in [0.2, 0.25) is 0 Å². The molecule has 1 aliphatic heterocycles. The molecule has 0 N–H and O–H groups in total. The predicted octanol–water partition coefficient (Wildman–Crippen LogP) is 3.13. The summed E-state index contributed by atoms with van der Waals surface area (Å²) >= 11 is 0. The van der Waals surface area contributed by atoms with Gasteiger partial charge in [0.2, 0.25) is 5.91 Å². The number of halogens is 1. The zero-order valence-electron chi connectivity index (χ0n) is 16.5. The van der Waals surface area contributed by atoms with Crippen LogP contribution in [-0.2, 0) is 4.79 Å². The van der Waals surface area contributed by atoms with Crippen LogP contribution in [0.3, 0.4) is 0 Å². The molecule has 1 aliphatic carbocycles. The van der Waals surface area contributed by atoms with E-state index in [-0.39, 0.29) is 41.4 Å². The summed E-state index contributed by atoms with van der Waals surface area (Å²) < 4.78 is 18.6. The molecule has 1 saturated carbocycles. The third-order valence-electron chi connectivity index (χ3n) is 6.06. The summed E-state index contributed by atoms with van der Waals surface area (Å²) in [6.45, 7) is 7.78. The van der Waals surface area contributed by atoms with Crippen molar-refractivity contribution in [2.24, 2.45) is 5.92 Å². The zero-order valence-corrected chi connectivity index (χ0v) is 16.5. The molecule has 1 amide bonds. The number of carbonyl (C=O) groups excluding carboxylic acids is 2. The minimum atomic E-state index is -0.566. The van der Waals surface area contributed by atoms with Crippen LogP contribution >= 0.6 is 0 Å². The van der Waals surface area contributed by atoms with Gasteiger partial charge >= 0.3 is 0 Å². The van der Waals surface area contributed by atoms with Gasteiger partial charge in [-0.3, -0.25) is 14.5 Å². The van der Waals surface area contributed by atoms with Crippen molar-refractivity contribution in [3.63, 3.8) is 0 Å². The highest BCUT2D eigenvalue weighted by Gasteiger charge is 2.42. The van der Waals surface area contributed by atoms with Gasteiger partial charge in [-0.15, -0.1) is 0 Å². The molecule has 0 bridgehead atoms. The lowest BCUT2D eigenvalue weighted by Gasteiger charge is -2.44. The maximum Gasteiger partial charge on any atom is 0.223 e. The van der Waals surface area contributed by atoms with Crippen molar-refractivity contribution in [3.05, 3.63) is 29.6 Å². The van der Waals surface area contributed by atoms with E-state index < -0.39 is 5.82 Å². The molecule has 0 radical (unpaired) electrons. The number of methoxy groups -OCH3 is 1. The smallest absolute Gasteiger partial charge is 0.223 e. The monoisotopic (exact) mass is 376 g/mol. The van der Waals surface area contributed by atoms with E-state index in [0.29, 0.717) is 13.1 Å². The first kappa shape index (κ1) is 19.8. The Kier molecular flexibility index (Phi) is 5.84. The number of ketones is 1. The molecule has 27 heavy (non-hydrogen) atoms. The molecule has 0 unspecified atom stereocenters. The molecular formula is C21H29FN2O3. The Labute approximate surface area is 160 Å². The van der Waals surface area contributed by atoms with Crippen molar-refractivity contribution in [1.29, 1.82) is 0 Å². The number of piperazine rings is 1. The van der Waals surface area contributed by atoms with E-state index in [9.17, 15) is 14.0 Å². The quantitative estimate of drug-likeness (QED) is 0.686. The van der Waals surface area contributed by atoms with E-state index in [2.05, 4.69) is 18.7 Å². The Morgan fingerprint density at radius 2 is 1.81 bits per heavy atom. The summed E-state index contributed by atoms with van der Waals surface area (Å²) in [5, 5.41) is 0. The van der Waals surface area contributed by atoms with Crippen LogP contribution in [0.4, 0.5) is 4.39 Å². The van der Waals surface area contributed by atoms with E-state index in [1.54, 1.807) is 0 Å². The van der Waals surface area contributed by atoms with Gasteiger partial charge in [0, 0.05) is 50.1 Å². The van der Waals surface area contributed by atoms with Crippen LogP contribution in [0.1, 0.15) is 49.9 Å². The van der Waals surface area contributed by atoms with E-state index in [0.717, 1.165) is 19.0 Å². The molecular weight excluding hydrogens is 347 g/mol. The lowest BCUT2D eigenvalue weighted by Crippen LogP contribution is -2.56.